The van der Waals surface area contributed by atoms with Gasteiger partial charge in [0, 0.05) is 56.4 Å². The Morgan fingerprint density at radius 3 is 2.07 bits per heavy atom. The minimum Gasteiger partial charge on any atom is -0.356 e. The molecule has 0 unspecified atom stereocenters. The Hall–Kier alpha value is -3.08. The van der Waals surface area contributed by atoms with E-state index in [1.54, 1.807) is 0 Å². The number of nitrogens with zero attached hydrogens (tertiary/aromatic N) is 1. The van der Waals surface area contributed by atoms with Gasteiger partial charge in [-0.05, 0) is 60.7 Å². The Morgan fingerprint density at radius 2 is 1.37 bits per heavy atom. The Labute approximate surface area is 185 Å². The second kappa shape index (κ2) is 8.34. The first-order valence-corrected chi connectivity index (χ1v) is 11.1. The molecular weight excluding hydrogens is 410 g/mol. The molecule has 0 aliphatic carbocycles. The van der Waals surface area contributed by atoms with Gasteiger partial charge in [-0.15, -0.1) is 11.8 Å². The Morgan fingerprint density at radius 1 is 0.733 bits per heavy atom. The first kappa shape index (κ1) is 18.9. The van der Waals surface area contributed by atoms with Crippen molar-refractivity contribution in [2.24, 2.45) is 0 Å². The topological polar surface area (TPSA) is 27.3 Å². The van der Waals surface area contributed by atoms with Crippen LogP contribution in [0.4, 0.5) is 22.7 Å². The van der Waals surface area contributed by atoms with Crippen LogP contribution >= 0.6 is 23.4 Å². The zero-order valence-corrected chi connectivity index (χ0v) is 17.8. The molecule has 0 spiro atoms. The number of nitrogens with one attached hydrogen (secondary N) is 2. The average Bonchev–Trinajstić information content (AvgIpc) is 3.26. The van der Waals surface area contributed by atoms with Gasteiger partial charge < -0.3 is 15.5 Å². The first-order chi connectivity index (χ1) is 14.7. The predicted molar refractivity (Wildman–Crippen MR) is 130 cm³/mol. The molecule has 5 rings (SSSR count). The summed E-state index contributed by atoms with van der Waals surface area (Å²) in [5, 5.41) is 7.73. The van der Waals surface area contributed by atoms with E-state index in [-0.39, 0.29) is 0 Å². The van der Waals surface area contributed by atoms with E-state index in [1.165, 1.54) is 10.5 Å². The normalized spacial score (nSPS) is 15.1. The smallest absolute Gasteiger partial charge is 0.0635 e. The molecule has 0 aromatic heterocycles. The lowest BCUT2D eigenvalue weighted by atomic mass is 10.1. The molecule has 148 valence electrons. The van der Waals surface area contributed by atoms with Gasteiger partial charge in [-0.25, -0.2) is 0 Å². The van der Waals surface area contributed by atoms with Crippen LogP contribution in [-0.2, 0) is 0 Å². The largest absolute Gasteiger partial charge is 0.356 e. The molecule has 30 heavy (non-hydrogen) atoms. The summed E-state index contributed by atoms with van der Waals surface area (Å²) < 4.78 is 0. The highest BCUT2D eigenvalue weighted by Crippen LogP contribution is 2.40. The van der Waals surface area contributed by atoms with Gasteiger partial charge in [-0.3, -0.25) is 0 Å². The quantitative estimate of drug-likeness (QED) is 0.442. The van der Waals surface area contributed by atoms with E-state index in [1.807, 2.05) is 42.1 Å². The van der Waals surface area contributed by atoms with Crippen LogP contribution in [0.25, 0.3) is 0 Å². The van der Waals surface area contributed by atoms with Crippen molar-refractivity contribution >= 4 is 46.1 Å². The Kier molecular flexibility index (Phi) is 5.26. The third-order valence-electron chi connectivity index (χ3n) is 4.96. The predicted octanol–water partition coefficient (Wildman–Crippen LogP) is 7.37. The van der Waals surface area contributed by atoms with Gasteiger partial charge in [0.15, 0.2) is 0 Å². The number of para-hydroxylation sites is 1. The fourth-order valence-electron chi connectivity index (χ4n) is 3.46. The van der Waals surface area contributed by atoms with E-state index in [9.17, 15) is 0 Å². The number of rotatable bonds is 5. The highest BCUT2D eigenvalue weighted by atomic mass is 35.5. The molecule has 0 radical (unpaired) electrons. The summed E-state index contributed by atoms with van der Waals surface area (Å²) >= 11 is 7.83. The number of hydrogen-bond acceptors (Lipinski definition) is 4. The molecule has 5 heteroatoms. The monoisotopic (exact) mass is 429 g/mol. The maximum absolute atomic E-state index is 5.96. The number of allylic oxidation sites excluding steroid dienone is 1. The molecule has 2 aliphatic rings. The van der Waals surface area contributed by atoms with Crippen LogP contribution in [0.5, 0.6) is 0 Å². The van der Waals surface area contributed by atoms with Gasteiger partial charge in [0.25, 0.3) is 0 Å². The van der Waals surface area contributed by atoms with Crippen LogP contribution in [-0.4, -0.2) is 5.75 Å². The number of anilines is 4. The maximum atomic E-state index is 5.96. The molecule has 2 aliphatic heterocycles. The zero-order chi connectivity index (χ0) is 20.3. The Balaban J connectivity index is 1.35. The minimum atomic E-state index is 0.734. The van der Waals surface area contributed by atoms with Gasteiger partial charge in [-0.2, -0.15) is 0 Å². The van der Waals surface area contributed by atoms with Gasteiger partial charge in [0.1, 0.15) is 0 Å². The second-order valence-corrected chi connectivity index (χ2v) is 8.54. The highest BCUT2D eigenvalue weighted by Gasteiger charge is 2.22. The lowest BCUT2D eigenvalue weighted by Crippen LogP contribution is -2.17. The van der Waals surface area contributed by atoms with Crippen molar-refractivity contribution in [2.45, 2.75) is 0 Å². The van der Waals surface area contributed by atoms with Crippen molar-refractivity contribution in [3.63, 3.8) is 0 Å². The minimum absolute atomic E-state index is 0.734. The summed E-state index contributed by atoms with van der Waals surface area (Å²) in [5.41, 5.74) is 6.63. The van der Waals surface area contributed by atoms with Crippen LogP contribution in [0.2, 0.25) is 5.02 Å². The summed E-state index contributed by atoms with van der Waals surface area (Å²) in [5.74, 6) is 1.01. The maximum Gasteiger partial charge on any atom is 0.0635 e. The molecule has 0 amide bonds. The third kappa shape index (κ3) is 4.11. The van der Waals surface area contributed by atoms with Crippen LogP contribution in [0.1, 0.15) is 0 Å². The average molecular weight is 430 g/mol. The van der Waals surface area contributed by atoms with Crippen molar-refractivity contribution in [2.75, 3.05) is 21.3 Å². The number of halogens is 1. The van der Waals surface area contributed by atoms with Crippen molar-refractivity contribution in [3.8, 4) is 0 Å². The van der Waals surface area contributed by atoms with Crippen molar-refractivity contribution in [3.05, 3.63) is 119 Å². The lowest BCUT2D eigenvalue weighted by molar-refractivity contribution is 1.19. The molecule has 0 saturated carbocycles. The van der Waals surface area contributed by atoms with Gasteiger partial charge >= 0.3 is 0 Å². The van der Waals surface area contributed by atoms with Crippen molar-refractivity contribution < 1.29 is 0 Å². The Bertz CT molecular complexity index is 1130. The summed E-state index contributed by atoms with van der Waals surface area (Å²) in [6.45, 7) is 0. The third-order valence-corrected chi connectivity index (χ3v) is 6.18. The fraction of sp³-hybridized carbons (Fsp3) is 0.0400. The van der Waals surface area contributed by atoms with E-state index >= 15 is 0 Å². The molecule has 3 aromatic carbocycles. The molecule has 3 nitrogen and oxygen atoms in total. The number of hydrogen-bond donors (Lipinski definition) is 2. The first-order valence-electron chi connectivity index (χ1n) is 9.75. The summed E-state index contributed by atoms with van der Waals surface area (Å²) in [6.07, 6.45) is 6.66. The number of thioether (sulfide) groups is 1. The van der Waals surface area contributed by atoms with Crippen molar-refractivity contribution in [1.82, 2.24) is 0 Å². The molecule has 0 bridgehead atoms. The summed E-state index contributed by atoms with van der Waals surface area (Å²) in [4.78, 5) is 3.48. The zero-order valence-electron chi connectivity index (χ0n) is 16.2. The highest BCUT2D eigenvalue weighted by molar-refractivity contribution is 8.03. The van der Waals surface area contributed by atoms with E-state index in [0.717, 1.165) is 39.2 Å². The van der Waals surface area contributed by atoms with Crippen LogP contribution in [0, 0.1) is 0 Å². The summed E-state index contributed by atoms with van der Waals surface area (Å²) in [7, 11) is 0. The number of fused-ring (bicyclic) bond motifs is 1. The van der Waals surface area contributed by atoms with Crippen molar-refractivity contribution in [1.29, 1.82) is 0 Å². The SMILES string of the molecule is Clc1ccc(Nc2ccc(NC3=CN(c4ccccc4)C=C4SCC=C34)cc2)cc1. The van der Waals surface area contributed by atoms with E-state index < -0.39 is 0 Å². The van der Waals surface area contributed by atoms with E-state index in [4.69, 9.17) is 11.6 Å². The molecule has 3 aromatic rings. The molecule has 0 atom stereocenters. The molecule has 0 saturated heterocycles. The lowest BCUT2D eigenvalue weighted by Gasteiger charge is -2.26. The summed E-state index contributed by atoms with van der Waals surface area (Å²) in [6, 6.07) is 26.4. The molecule has 0 fully saturated rings. The molecular formula is C25H20ClN3S. The molecule has 2 N–H and O–H groups in total. The van der Waals surface area contributed by atoms with Gasteiger partial charge in [0.05, 0.1) is 5.70 Å². The fourth-order valence-corrected chi connectivity index (χ4v) is 4.55. The van der Waals surface area contributed by atoms with E-state index in [0.29, 0.717) is 0 Å². The van der Waals surface area contributed by atoms with Gasteiger partial charge in [0.2, 0.25) is 0 Å². The van der Waals surface area contributed by atoms with Crippen LogP contribution in [0.15, 0.2) is 114 Å². The standard InChI is InChI=1S/C25H20ClN3S/c26-18-6-8-19(9-7-18)27-20-10-12-21(13-11-20)28-24-16-29(22-4-2-1-3-5-22)17-25-23(24)14-15-30-25/h1-14,16-17,27-28H,15H2. The molecule has 2 heterocycles. The van der Waals surface area contributed by atoms with Gasteiger partial charge in [-0.1, -0.05) is 35.9 Å². The number of benzene rings is 3. The van der Waals surface area contributed by atoms with E-state index in [2.05, 4.69) is 82.5 Å². The van der Waals surface area contributed by atoms with Crippen LogP contribution in [0.3, 0.4) is 0 Å². The van der Waals surface area contributed by atoms with Crippen LogP contribution < -0.4 is 15.5 Å². The second-order valence-electron chi connectivity index (χ2n) is 7.04.